The summed E-state index contributed by atoms with van der Waals surface area (Å²) in [6.07, 6.45) is 5.62. The molecule has 3 rings (SSSR count). The zero-order valence-corrected chi connectivity index (χ0v) is 13.8. The van der Waals surface area contributed by atoms with Crippen molar-refractivity contribution >= 4 is 6.03 Å². The summed E-state index contributed by atoms with van der Waals surface area (Å²) in [5.74, 6) is 1.55. The fraction of sp³-hybridized carbons (Fsp3) is 0.471. The molecule has 1 aromatic heterocycles. The molecular formula is C17H23N5O2. The van der Waals surface area contributed by atoms with E-state index < -0.39 is 0 Å². The number of hydrogen-bond donors (Lipinski definition) is 2. The fourth-order valence-corrected chi connectivity index (χ4v) is 2.39. The van der Waals surface area contributed by atoms with Gasteiger partial charge in [-0.05, 0) is 31.7 Å². The van der Waals surface area contributed by atoms with Gasteiger partial charge in [0.25, 0.3) is 0 Å². The highest BCUT2D eigenvalue weighted by molar-refractivity contribution is 5.74. The lowest BCUT2D eigenvalue weighted by molar-refractivity contribution is 0.235. The number of nitrogens with zero attached hydrogens (tertiary/aromatic N) is 3. The summed E-state index contributed by atoms with van der Waals surface area (Å²) in [5.41, 5.74) is 0.984. The highest BCUT2D eigenvalue weighted by atomic mass is 16.5. The van der Waals surface area contributed by atoms with Crippen LogP contribution in [0.1, 0.15) is 25.3 Å². The summed E-state index contributed by atoms with van der Waals surface area (Å²) in [7, 11) is 0. The van der Waals surface area contributed by atoms with E-state index in [-0.39, 0.29) is 12.1 Å². The number of para-hydroxylation sites is 1. The Labute approximate surface area is 141 Å². The maximum atomic E-state index is 12.0. The molecule has 1 aliphatic carbocycles. The molecule has 1 atom stereocenters. The number of hydrogen-bond acceptors (Lipinski definition) is 4. The number of carbonyl (C=O) groups excluding carboxylic acids is 1. The van der Waals surface area contributed by atoms with Crippen molar-refractivity contribution < 1.29 is 9.53 Å². The summed E-state index contributed by atoms with van der Waals surface area (Å²) in [4.78, 5) is 15.9. The van der Waals surface area contributed by atoms with E-state index in [1.165, 1.54) is 19.2 Å². The third-order valence-corrected chi connectivity index (χ3v) is 3.89. The molecule has 128 valence electrons. The molecule has 24 heavy (non-hydrogen) atoms. The van der Waals surface area contributed by atoms with Crippen LogP contribution in [-0.4, -0.2) is 33.4 Å². The average Bonchev–Trinajstić information content (AvgIpc) is 3.27. The van der Waals surface area contributed by atoms with Crippen molar-refractivity contribution in [2.45, 2.75) is 38.9 Å². The van der Waals surface area contributed by atoms with Gasteiger partial charge in [0.15, 0.2) is 0 Å². The molecule has 7 nitrogen and oxygen atoms in total. The zero-order chi connectivity index (χ0) is 16.8. The van der Waals surface area contributed by atoms with Crippen LogP contribution in [0.15, 0.2) is 36.9 Å². The standard InChI is InChI=1S/C17H23N5O2/c1-13(9-22-12-18-11-20-22)21-17(23)19-8-15-4-2-3-5-16(15)24-10-14-6-7-14/h2-5,11-14H,6-10H2,1H3,(H2,19,21,23)/t13-/m1/s1. The van der Waals surface area contributed by atoms with E-state index in [0.717, 1.165) is 17.9 Å². The second-order valence-electron chi connectivity index (χ2n) is 6.21. The van der Waals surface area contributed by atoms with E-state index in [2.05, 4.69) is 20.7 Å². The summed E-state index contributed by atoms with van der Waals surface area (Å²) < 4.78 is 7.54. The Morgan fingerprint density at radius 2 is 2.25 bits per heavy atom. The SMILES string of the molecule is C[C@H](Cn1cncn1)NC(=O)NCc1ccccc1OCC1CC1. The molecule has 1 aliphatic rings. The van der Waals surface area contributed by atoms with Crippen LogP contribution in [0.3, 0.4) is 0 Å². The van der Waals surface area contributed by atoms with Crippen LogP contribution in [-0.2, 0) is 13.1 Å². The minimum Gasteiger partial charge on any atom is -0.493 e. The zero-order valence-electron chi connectivity index (χ0n) is 13.8. The molecule has 0 radical (unpaired) electrons. The minimum absolute atomic E-state index is 0.0481. The number of nitrogens with one attached hydrogen (secondary N) is 2. The number of aromatic nitrogens is 3. The van der Waals surface area contributed by atoms with Crippen molar-refractivity contribution in [3.63, 3.8) is 0 Å². The molecule has 0 spiro atoms. The molecule has 1 aromatic carbocycles. The van der Waals surface area contributed by atoms with Gasteiger partial charge in [-0.1, -0.05) is 18.2 Å². The summed E-state index contributed by atoms with van der Waals surface area (Å²) in [5, 5.41) is 9.79. The summed E-state index contributed by atoms with van der Waals surface area (Å²) in [6, 6.07) is 7.57. The van der Waals surface area contributed by atoms with Crippen LogP contribution in [0.2, 0.25) is 0 Å². The van der Waals surface area contributed by atoms with E-state index in [1.54, 1.807) is 11.0 Å². The highest BCUT2D eigenvalue weighted by Gasteiger charge is 2.22. The second kappa shape index (κ2) is 7.81. The molecule has 0 unspecified atom stereocenters. The van der Waals surface area contributed by atoms with Gasteiger partial charge in [0.2, 0.25) is 0 Å². The Balaban J connectivity index is 1.45. The third kappa shape index (κ3) is 4.97. The number of rotatable bonds is 8. The molecule has 2 aromatic rings. The van der Waals surface area contributed by atoms with Crippen LogP contribution < -0.4 is 15.4 Å². The van der Waals surface area contributed by atoms with Crippen LogP contribution in [0.4, 0.5) is 4.79 Å². The van der Waals surface area contributed by atoms with Crippen molar-refractivity contribution in [2.75, 3.05) is 6.61 Å². The van der Waals surface area contributed by atoms with Gasteiger partial charge in [-0.2, -0.15) is 5.10 Å². The first-order chi connectivity index (χ1) is 11.7. The van der Waals surface area contributed by atoms with E-state index in [9.17, 15) is 4.79 Å². The Morgan fingerprint density at radius 3 is 3.00 bits per heavy atom. The fourth-order valence-electron chi connectivity index (χ4n) is 2.39. The molecule has 1 saturated carbocycles. The maximum Gasteiger partial charge on any atom is 0.315 e. The largest absolute Gasteiger partial charge is 0.493 e. The molecular weight excluding hydrogens is 306 g/mol. The van der Waals surface area contributed by atoms with Gasteiger partial charge >= 0.3 is 6.03 Å². The number of ether oxygens (including phenoxy) is 1. The first-order valence-electron chi connectivity index (χ1n) is 8.28. The van der Waals surface area contributed by atoms with Crippen molar-refractivity contribution in [3.05, 3.63) is 42.5 Å². The summed E-state index contributed by atoms with van der Waals surface area (Å²) in [6.45, 7) is 3.70. The van der Waals surface area contributed by atoms with Gasteiger partial charge in [-0.25, -0.2) is 9.78 Å². The molecule has 2 amide bonds. The molecule has 1 fully saturated rings. The molecule has 0 saturated heterocycles. The van der Waals surface area contributed by atoms with E-state index in [1.807, 2.05) is 31.2 Å². The predicted molar refractivity (Wildman–Crippen MR) is 89.5 cm³/mol. The molecule has 2 N–H and O–H groups in total. The van der Waals surface area contributed by atoms with Crippen molar-refractivity contribution in [2.24, 2.45) is 5.92 Å². The van der Waals surface area contributed by atoms with Crippen LogP contribution >= 0.6 is 0 Å². The Hall–Kier alpha value is -2.57. The number of urea groups is 1. The van der Waals surface area contributed by atoms with Crippen molar-refractivity contribution in [1.82, 2.24) is 25.4 Å². The van der Waals surface area contributed by atoms with E-state index >= 15 is 0 Å². The Morgan fingerprint density at radius 1 is 1.42 bits per heavy atom. The van der Waals surface area contributed by atoms with Crippen molar-refractivity contribution in [3.8, 4) is 5.75 Å². The lowest BCUT2D eigenvalue weighted by Crippen LogP contribution is -2.42. The number of benzene rings is 1. The van der Waals surface area contributed by atoms with Gasteiger partial charge in [-0.15, -0.1) is 0 Å². The van der Waals surface area contributed by atoms with Crippen LogP contribution in [0, 0.1) is 5.92 Å². The van der Waals surface area contributed by atoms with Gasteiger partial charge in [0, 0.05) is 18.2 Å². The summed E-state index contributed by atoms with van der Waals surface area (Å²) >= 11 is 0. The van der Waals surface area contributed by atoms with Crippen molar-refractivity contribution in [1.29, 1.82) is 0 Å². The van der Waals surface area contributed by atoms with Gasteiger partial charge < -0.3 is 15.4 Å². The lowest BCUT2D eigenvalue weighted by atomic mass is 10.2. The minimum atomic E-state index is -0.209. The Kier molecular flexibility index (Phi) is 5.30. The number of carbonyl (C=O) groups is 1. The second-order valence-corrected chi connectivity index (χ2v) is 6.21. The predicted octanol–water partition coefficient (Wildman–Crippen LogP) is 1.95. The lowest BCUT2D eigenvalue weighted by Gasteiger charge is -2.15. The smallest absolute Gasteiger partial charge is 0.315 e. The molecule has 0 bridgehead atoms. The first kappa shape index (κ1) is 16.3. The maximum absolute atomic E-state index is 12.0. The molecule has 7 heteroatoms. The van der Waals surface area contributed by atoms with Gasteiger partial charge in [0.05, 0.1) is 13.2 Å². The first-order valence-corrected chi connectivity index (χ1v) is 8.28. The highest BCUT2D eigenvalue weighted by Crippen LogP contribution is 2.30. The van der Waals surface area contributed by atoms with Crippen LogP contribution in [0.25, 0.3) is 0 Å². The van der Waals surface area contributed by atoms with E-state index in [0.29, 0.717) is 19.0 Å². The number of amides is 2. The molecule has 1 heterocycles. The third-order valence-electron chi connectivity index (χ3n) is 3.89. The average molecular weight is 329 g/mol. The van der Waals surface area contributed by atoms with Gasteiger partial charge in [0.1, 0.15) is 18.4 Å². The molecule has 0 aliphatic heterocycles. The normalized spacial score (nSPS) is 14.9. The van der Waals surface area contributed by atoms with E-state index in [4.69, 9.17) is 4.74 Å². The monoisotopic (exact) mass is 329 g/mol. The quantitative estimate of drug-likeness (QED) is 0.776. The van der Waals surface area contributed by atoms with Crippen LogP contribution in [0.5, 0.6) is 5.75 Å². The van der Waals surface area contributed by atoms with Gasteiger partial charge in [-0.3, -0.25) is 4.68 Å². The Bertz CT molecular complexity index is 655. The topological polar surface area (TPSA) is 81.1 Å².